The molecule has 7 heteroatoms. The van der Waals surface area contributed by atoms with E-state index in [1.807, 2.05) is 38.1 Å². The molecule has 3 atom stereocenters. The molecule has 2 amide bonds. The van der Waals surface area contributed by atoms with Crippen LogP contribution in [0.15, 0.2) is 48.5 Å². The second kappa shape index (κ2) is 8.21. The van der Waals surface area contributed by atoms with Gasteiger partial charge in [0, 0.05) is 19.0 Å². The van der Waals surface area contributed by atoms with Crippen molar-refractivity contribution < 1.29 is 24.2 Å². The maximum Gasteiger partial charge on any atom is 0.407 e. The van der Waals surface area contributed by atoms with Crippen LogP contribution in [0.5, 0.6) is 0 Å². The number of nitrogens with one attached hydrogen (secondary N) is 1. The monoisotopic (exact) mass is 448 g/mol. The molecule has 172 valence electrons. The van der Waals surface area contributed by atoms with Gasteiger partial charge < -0.3 is 20.1 Å². The molecular weight excluding hydrogens is 420 g/mol. The van der Waals surface area contributed by atoms with Crippen LogP contribution in [0.3, 0.4) is 0 Å². The topological polar surface area (TPSA) is 95.9 Å². The molecular formula is C26H28N2O5. The van der Waals surface area contributed by atoms with Crippen molar-refractivity contribution in [3.63, 3.8) is 0 Å². The molecule has 7 nitrogen and oxygen atoms in total. The van der Waals surface area contributed by atoms with Gasteiger partial charge in [0.1, 0.15) is 12.6 Å². The fourth-order valence-corrected chi connectivity index (χ4v) is 5.55. The van der Waals surface area contributed by atoms with Gasteiger partial charge >= 0.3 is 12.1 Å². The number of fused-ring (bicyclic) bond motifs is 4. The number of benzene rings is 2. The number of piperidine rings is 1. The van der Waals surface area contributed by atoms with Crippen LogP contribution >= 0.6 is 0 Å². The van der Waals surface area contributed by atoms with Crippen LogP contribution in [0, 0.1) is 23.7 Å². The second-order valence-corrected chi connectivity index (χ2v) is 9.63. The van der Waals surface area contributed by atoms with Gasteiger partial charge in [-0.15, -0.1) is 0 Å². The zero-order valence-electron chi connectivity index (χ0n) is 18.7. The zero-order valence-corrected chi connectivity index (χ0v) is 18.7. The molecule has 2 aromatic carbocycles. The zero-order chi connectivity index (χ0) is 23.3. The van der Waals surface area contributed by atoms with Crippen molar-refractivity contribution in [1.82, 2.24) is 10.2 Å². The van der Waals surface area contributed by atoms with Crippen molar-refractivity contribution in [3.8, 4) is 11.1 Å². The Morgan fingerprint density at radius 2 is 1.55 bits per heavy atom. The van der Waals surface area contributed by atoms with Crippen molar-refractivity contribution >= 4 is 18.0 Å². The summed E-state index contributed by atoms with van der Waals surface area (Å²) in [7, 11) is 0. The normalized spacial score (nSPS) is 23.5. The van der Waals surface area contributed by atoms with E-state index in [9.17, 15) is 19.5 Å². The Balaban J connectivity index is 1.21. The Morgan fingerprint density at radius 3 is 2.06 bits per heavy atom. The third kappa shape index (κ3) is 3.75. The number of carbonyl (C=O) groups is 3. The third-order valence-electron chi connectivity index (χ3n) is 7.34. The van der Waals surface area contributed by atoms with Gasteiger partial charge in [0.2, 0.25) is 5.91 Å². The van der Waals surface area contributed by atoms with E-state index in [0.717, 1.165) is 22.3 Å². The van der Waals surface area contributed by atoms with Gasteiger partial charge in [0.15, 0.2) is 0 Å². The number of aliphatic carboxylic acids is 1. The number of carboxylic acids is 1. The molecule has 0 bridgehead atoms. The standard InChI is InChI=1S/C26H28N2O5/c1-14(2)23(24(29)28-11-19-20(12-28)22(19)25(30)31)27-26(32)33-13-21-17-9-5-3-7-15(17)16-8-4-6-10-18(16)21/h3-10,14,19-23H,11-13H2,1-2H3,(H,27,32)(H,30,31). The van der Waals surface area contributed by atoms with Crippen molar-refractivity contribution in [1.29, 1.82) is 0 Å². The Morgan fingerprint density at radius 1 is 1.00 bits per heavy atom. The van der Waals surface area contributed by atoms with Gasteiger partial charge in [-0.3, -0.25) is 9.59 Å². The van der Waals surface area contributed by atoms with E-state index in [1.165, 1.54) is 0 Å². The van der Waals surface area contributed by atoms with Gasteiger partial charge in [-0.25, -0.2) is 4.79 Å². The van der Waals surface area contributed by atoms with Crippen LogP contribution in [-0.4, -0.2) is 53.7 Å². The summed E-state index contributed by atoms with van der Waals surface area (Å²) in [5.41, 5.74) is 4.58. The lowest BCUT2D eigenvalue weighted by molar-refractivity contribution is -0.141. The van der Waals surface area contributed by atoms with Crippen molar-refractivity contribution in [3.05, 3.63) is 59.7 Å². The van der Waals surface area contributed by atoms with Gasteiger partial charge in [0.05, 0.1) is 5.92 Å². The maximum absolute atomic E-state index is 13.1. The van der Waals surface area contributed by atoms with E-state index in [1.54, 1.807) is 4.90 Å². The molecule has 3 aliphatic rings. The Labute approximate surface area is 192 Å². The highest BCUT2D eigenvalue weighted by atomic mass is 16.5. The molecule has 1 saturated heterocycles. The summed E-state index contributed by atoms with van der Waals surface area (Å²) in [6.07, 6.45) is -0.614. The molecule has 2 aliphatic carbocycles. The summed E-state index contributed by atoms with van der Waals surface area (Å²) in [5, 5.41) is 12.0. The van der Waals surface area contributed by atoms with Crippen LogP contribution in [0.25, 0.3) is 11.1 Å². The lowest BCUT2D eigenvalue weighted by Gasteiger charge is -2.28. The molecule has 1 heterocycles. The van der Waals surface area contributed by atoms with Crippen LogP contribution in [-0.2, 0) is 14.3 Å². The summed E-state index contributed by atoms with van der Waals surface area (Å²) in [6, 6.07) is 15.6. The van der Waals surface area contributed by atoms with Crippen LogP contribution < -0.4 is 5.32 Å². The molecule has 2 fully saturated rings. The molecule has 0 aromatic heterocycles. The van der Waals surface area contributed by atoms with Crippen molar-refractivity contribution in [2.75, 3.05) is 19.7 Å². The van der Waals surface area contributed by atoms with E-state index < -0.39 is 18.1 Å². The fraction of sp³-hybridized carbons (Fsp3) is 0.423. The number of nitrogens with zero attached hydrogens (tertiary/aromatic N) is 1. The number of ether oxygens (including phenoxy) is 1. The minimum absolute atomic E-state index is 0.0358. The molecule has 1 saturated carbocycles. The molecule has 2 aromatic rings. The molecule has 5 rings (SSSR count). The lowest BCUT2D eigenvalue weighted by Crippen LogP contribution is -2.51. The van der Waals surface area contributed by atoms with E-state index in [2.05, 4.69) is 29.6 Å². The third-order valence-corrected chi connectivity index (χ3v) is 7.34. The molecule has 1 aliphatic heterocycles. The maximum atomic E-state index is 13.1. The average molecular weight is 449 g/mol. The highest BCUT2D eigenvalue weighted by Crippen LogP contribution is 2.52. The van der Waals surface area contributed by atoms with Crippen LogP contribution in [0.1, 0.15) is 30.9 Å². The lowest BCUT2D eigenvalue weighted by atomic mass is 9.98. The first-order valence-corrected chi connectivity index (χ1v) is 11.5. The Hall–Kier alpha value is -3.35. The second-order valence-electron chi connectivity index (χ2n) is 9.63. The van der Waals surface area contributed by atoms with Gasteiger partial charge in [-0.1, -0.05) is 62.4 Å². The van der Waals surface area contributed by atoms with Crippen molar-refractivity contribution in [2.24, 2.45) is 23.7 Å². The SMILES string of the molecule is CC(C)C(NC(=O)OCC1c2ccccc2-c2ccccc21)C(=O)N1CC2C(C1)C2C(=O)O. The van der Waals surface area contributed by atoms with E-state index in [-0.39, 0.29) is 42.1 Å². The number of rotatable bonds is 6. The minimum atomic E-state index is -0.783. The van der Waals surface area contributed by atoms with Crippen molar-refractivity contribution in [2.45, 2.75) is 25.8 Å². The molecule has 2 N–H and O–H groups in total. The highest BCUT2D eigenvalue weighted by molar-refractivity contribution is 5.87. The number of alkyl carbamates (subject to hydrolysis) is 1. The minimum Gasteiger partial charge on any atom is -0.481 e. The summed E-state index contributed by atoms with van der Waals surface area (Å²) in [5.74, 6) is -1.38. The summed E-state index contributed by atoms with van der Waals surface area (Å²) in [6.45, 7) is 4.82. The number of hydrogen-bond acceptors (Lipinski definition) is 4. The Bertz CT molecular complexity index is 1060. The van der Waals surface area contributed by atoms with Gasteiger partial charge in [-0.05, 0) is 40.0 Å². The number of carbonyl (C=O) groups excluding carboxylic acids is 2. The predicted molar refractivity (Wildman–Crippen MR) is 122 cm³/mol. The van der Waals surface area contributed by atoms with E-state index in [4.69, 9.17) is 4.74 Å². The predicted octanol–water partition coefficient (Wildman–Crippen LogP) is 3.34. The molecule has 0 radical (unpaired) electrons. The number of carboxylic acid groups (broad SMARTS) is 1. The highest BCUT2D eigenvalue weighted by Gasteiger charge is 2.61. The quantitative estimate of drug-likeness (QED) is 0.707. The Kier molecular flexibility index (Phi) is 5.35. The first kappa shape index (κ1) is 21.5. The van der Waals surface area contributed by atoms with Crippen LogP contribution in [0.2, 0.25) is 0 Å². The number of amides is 2. The van der Waals surface area contributed by atoms with E-state index >= 15 is 0 Å². The molecule has 3 unspecified atom stereocenters. The fourth-order valence-electron chi connectivity index (χ4n) is 5.55. The smallest absolute Gasteiger partial charge is 0.407 e. The largest absolute Gasteiger partial charge is 0.481 e. The summed E-state index contributed by atoms with van der Waals surface area (Å²) in [4.78, 5) is 38.6. The van der Waals surface area contributed by atoms with Gasteiger partial charge in [0.25, 0.3) is 0 Å². The average Bonchev–Trinajstić information content (AvgIpc) is 3.16. The first-order chi connectivity index (χ1) is 15.9. The summed E-state index contributed by atoms with van der Waals surface area (Å²) >= 11 is 0. The first-order valence-electron chi connectivity index (χ1n) is 11.5. The molecule has 0 spiro atoms. The number of hydrogen-bond donors (Lipinski definition) is 2. The summed E-state index contributed by atoms with van der Waals surface area (Å²) < 4.78 is 5.61. The number of likely N-dealkylation sites (tertiary alicyclic amines) is 1. The van der Waals surface area contributed by atoms with Crippen LogP contribution in [0.4, 0.5) is 4.79 Å². The van der Waals surface area contributed by atoms with E-state index in [0.29, 0.717) is 13.1 Å². The van der Waals surface area contributed by atoms with Gasteiger partial charge in [-0.2, -0.15) is 0 Å². The molecule has 33 heavy (non-hydrogen) atoms.